The Morgan fingerprint density at radius 1 is 1.17 bits per heavy atom. The second-order valence-electron chi connectivity index (χ2n) is 7.26. The number of nitrogens with zero attached hydrogens (tertiary/aromatic N) is 3. The lowest BCUT2D eigenvalue weighted by molar-refractivity contribution is 0.0769. The molecule has 6 nitrogen and oxygen atoms in total. The van der Waals surface area contributed by atoms with Crippen LogP contribution in [0.4, 0.5) is 0 Å². The maximum atomic E-state index is 13.1. The highest BCUT2D eigenvalue weighted by Crippen LogP contribution is 2.20. The summed E-state index contributed by atoms with van der Waals surface area (Å²) in [7, 11) is 0. The summed E-state index contributed by atoms with van der Waals surface area (Å²) in [5.41, 5.74) is 1.56. The molecule has 1 fully saturated rings. The van der Waals surface area contributed by atoms with Gasteiger partial charge in [0.1, 0.15) is 17.4 Å². The van der Waals surface area contributed by atoms with Gasteiger partial charge < -0.3 is 14.2 Å². The molecule has 29 heavy (non-hydrogen) atoms. The molecule has 1 aliphatic heterocycles. The Bertz CT molecular complexity index is 1050. The number of aromatic nitrogens is 2. The average molecular weight is 389 g/mol. The Morgan fingerprint density at radius 2 is 2.00 bits per heavy atom. The number of amides is 1. The predicted molar refractivity (Wildman–Crippen MR) is 110 cm³/mol. The number of ether oxygens (including phenoxy) is 1. The van der Waals surface area contributed by atoms with Crippen LogP contribution < -0.4 is 10.3 Å². The quantitative estimate of drug-likeness (QED) is 0.673. The molecule has 0 radical (unpaired) electrons. The van der Waals surface area contributed by atoms with Crippen LogP contribution in [0.2, 0.25) is 0 Å². The van der Waals surface area contributed by atoms with Crippen molar-refractivity contribution in [1.29, 1.82) is 0 Å². The van der Waals surface area contributed by atoms with Crippen LogP contribution >= 0.6 is 0 Å². The predicted octanol–water partition coefficient (Wildman–Crippen LogP) is 2.89. The molecule has 0 N–H and O–H groups in total. The fourth-order valence-electron chi connectivity index (χ4n) is 3.60. The molecule has 0 bridgehead atoms. The van der Waals surface area contributed by atoms with Crippen LogP contribution in [0.1, 0.15) is 27.9 Å². The van der Waals surface area contributed by atoms with Crippen LogP contribution in [0.3, 0.4) is 0 Å². The number of para-hydroxylation sites is 1. The van der Waals surface area contributed by atoms with Crippen molar-refractivity contribution < 1.29 is 9.53 Å². The van der Waals surface area contributed by atoms with Gasteiger partial charge in [-0.1, -0.05) is 24.3 Å². The van der Waals surface area contributed by atoms with Gasteiger partial charge in [-0.15, -0.1) is 0 Å². The van der Waals surface area contributed by atoms with Gasteiger partial charge in [-0.3, -0.25) is 14.6 Å². The van der Waals surface area contributed by atoms with Crippen molar-refractivity contribution in [3.05, 3.63) is 94.2 Å². The molecular formula is C23H23N3O3. The summed E-state index contributed by atoms with van der Waals surface area (Å²) >= 11 is 0. The standard InChI is InChI=1S/C23H23N3O3/c1-17-9-12-25(15-18-6-5-11-24-14-18)22(27)21(17)23(28)26-13-10-20(16-26)29-19-7-3-2-4-8-19/h2-9,11-12,14,20H,10,13,15-16H2,1H3/t20-/m1/s1. The highest BCUT2D eigenvalue weighted by atomic mass is 16.5. The third-order valence-electron chi connectivity index (χ3n) is 5.14. The van der Waals surface area contributed by atoms with Gasteiger partial charge in [0.2, 0.25) is 0 Å². The molecule has 1 aromatic carbocycles. The van der Waals surface area contributed by atoms with E-state index in [0.717, 1.165) is 17.7 Å². The van der Waals surface area contributed by atoms with Gasteiger partial charge in [-0.05, 0) is 42.3 Å². The van der Waals surface area contributed by atoms with Crippen LogP contribution in [-0.2, 0) is 6.54 Å². The maximum absolute atomic E-state index is 13.1. The molecule has 0 unspecified atom stereocenters. The third kappa shape index (κ3) is 4.21. The Labute approximate surface area is 169 Å². The van der Waals surface area contributed by atoms with Crippen LogP contribution in [0.15, 0.2) is 71.9 Å². The van der Waals surface area contributed by atoms with Crippen molar-refractivity contribution in [2.75, 3.05) is 13.1 Å². The van der Waals surface area contributed by atoms with Crippen molar-refractivity contribution >= 4 is 5.91 Å². The van der Waals surface area contributed by atoms with E-state index in [4.69, 9.17) is 4.74 Å². The first-order valence-electron chi connectivity index (χ1n) is 9.72. The van der Waals surface area contributed by atoms with E-state index >= 15 is 0 Å². The van der Waals surface area contributed by atoms with E-state index in [9.17, 15) is 9.59 Å². The van der Waals surface area contributed by atoms with Gasteiger partial charge in [-0.2, -0.15) is 0 Å². The van der Waals surface area contributed by atoms with E-state index in [2.05, 4.69) is 4.98 Å². The zero-order chi connectivity index (χ0) is 20.2. The number of hydrogen-bond acceptors (Lipinski definition) is 4. The fraction of sp³-hybridized carbons (Fsp3) is 0.261. The lowest BCUT2D eigenvalue weighted by atomic mass is 10.1. The van der Waals surface area contributed by atoms with Gasteiger partial charge in [0, 0.05) is 31.6 Å². The first kappa shape index (κ1) is 18.9. The summed E-state index contributed by atoms with van der Waals surface area (Å²) in [6.45, 7) is 3.24. The summed E-state index contributed by atoms with van der Waals surface area (Å²) < 4.78 is 7.53. The number of rotatable bonds is 5. The number of carbonyl (C=O) groups excluding carboxylic acids is 1. The van der Waals surface area contributed by atoms with E-state index in [1.165, 1.54) is 0 Å². The Morgan fingerprint density at radius 3 is 2.76 bits per heavy atom. The highest BCUT2D eigenvalue weighted by molar-refractivity contribution is 5.95. The molecule has 3 aromatic rings. The fourth-order valence-corrected chi connectivity index (χ4v) is 3.60. The first-order chi connectivity index (χ1) is 14.1. The normalized spacial score (nSPS) is 16.0. The Balaban J connectivity index is 1.51. The van der Waals surface area contributed by atoms with Crippen molar-refractivity contribution in [2.24, 2.45) is 0 Å². The SMILES string of the molecule is Cc1ccn(Cc2cccnc2)c(=O)c1C(=O)N1CC[C@@H](Oc2ccccc2)C1. The zero-order valence-corrected chi connectivity index (χ0v) is 16.3. The summed E-state index contributed by atoms with van der Waals surface area (Å²) in [6, 6.07) is 15.2. The molecular weight excluding hydrogens is 366 g/mol. The molecule has 1 amide bonds. The van der Waals surface area contributed by atoms with Crippen LogP contribution in [-0.4, -0.2) is 39.6 Å². The number of carbonyl (C=O) groups is 1. The van der Waals surface area contributed by atoms with Crippen molar-refractivity contribution in [3.8, 4) is 5.75 Å². The minimum atomic E-state index is -0.272. The minimum absolute atomic E-state index is 0.0667. The van der Waals surface area contributed by atoms with Gasteiger partial charge in [0.15, 0.2) is 0 Å². The zero-order valence-electron chi connectivity index (χ0n) is 16.3. The number of benzene rings is 1. The monoisotopic (exact) mass is 389 g/mol. The van der Waals surface area contributed by atoms with Crippen LogP contribution in [0.5, 0.6) is 5.75 Å². The third-order valence-corrected chi connectivity index (χ3v) is 5.14. The summed E-state index contributed by atoms with van der Waals surface area (Å²) in [5, 5.41) is 0. The number of hydrogen-bond donors (Lipinski definition) is 0. The second kappa shape index (κ2) is 8.31. The Hall–Kier alpha value is -3.41. The number of aryl methyl sites for hydroxylation is 1. The van der Waals surface area contributed by atoms with Gasteiger partial charge in [0.25, 0.3) is 11.5 Å². The molecule has 2 aromatic heterocycles. The molecule has 4 rings (SSSR count). The maximum Gasteiger partial charge on any atom is 0.263 e. The molecule has 6 heteroatoms. The van der Waals surface area contributed by atoms with E-state index < -0.39 is 0 Å². The molecule has 148 valence electrons. The Kier molecular flexibility index (Phi) is 5.42. The molecule has 1 saturated heterocycles. The van der Waals surface area contributed by atoms with E-state index in [-0.39, 0.29) is 23.1 Å². The van der Waals surface area contributed by atoms with E-state index in [1.807, 2.05) is 48.5 Å². The molecule has 1 atom stereocenters. The average Bonchev–Trinajstić information content (AvgIpc) is 3.20. The largest absolute Gasteiger partial charge is 0.489 e. The summed E-state index contributed by atoms with van der Waals surface area (Å²) in [6.07, 6.45) is 5.82. The second-order valence-corrected chi connectivity index (χ2v) is 7.26. The van der Waals surface area contributed by atoms with Crippen LogP contribution in [0.25, 0.3) is 0 Å². The molecule has 1 aliphatic rings. The molecule has 0 aliphatic carbocycles. The first-order valence-corrected chi connectivity index (χ1v) is 9.72. The van der Waals surface area contributed by atoms with Crippen LogP contribution in [0, 0.1) is 6.92 Å². The van der Waals surface area contributed by atoms with Gasteiger partial charge in [-0.25, -0.2) is 0 Å². The van der Waals surface area contributed by atoms with Crippen molar-refractivity contribution in [1.82, 2.24) is 14.5 Å². The summed E-state index contributed by atoms with van der Waals surface area (Å²) in [5.74, 6) is 0.564. The smallest absolute Gasteiger partial charge is 0.263 e. The van der Waals surface area contributed by atoms with Crippen molar-refractivity contribution in [3.63, 3.8) is 0 Å². The van der Waals surface area contributed by atoms with E-state index in [0.29, 0.717) is 25.2 Å². The lowest BCUT2D eigenvalue weighted by Crippen LogP contribution is -2.37. The topological polar surface area (TPSA) is 64.4 Å². The molecule has 3 heterocycles. The van der Waals surface area contributed by atoms with Gasteiger partial charge >= 0.3 is 0 Å². The minimum Gasteiger partial charge on any atom is -0.489 e. The summed E-state index contributed by atoms with van der Waals surface area (Å²) in [4.78, 5) is 32.0. The van der Waals surface area contributed by atoms with Gasteiger partial charge in [0.05, 0.1) is 13.1 Å². The number of likely N-dealkylation sites (tertiary alicyclic amines) is 1. The van der Waals surface area contributed by atoms with Crippen molar-refractivity contribution in [2.45, 2.75) is 26.0 Å². The van der Waals surface area contributed by atoms with E-state index in [1.54, 1.807) is 35.0 Å². The molecule has 0 saturated carbocycles. The lowest BCUT2D eigenvalue weighted by Gasteiger charge is -2.19. The molecule has 0 spiro atoms. The number of pyridine rings is 2. The highest BCUT2D eigenvalue weighted by Gasteiger charge is 2.30.